The van der Waals surface area contributed by atoms with E-state index >= 15 is 0 Å². The molecule has 3 aliphatic carbocycles. The third-order valence-corrected chi connectivity index (χ3v) is 6.94. The van der Waals surface area contributed by atoms with Crippen LogP contribution in [0.4, 0.5) is 0 Å². The third-order valence-electron chi connectivity index (χ3n) is 6.94. The van der Waals surface area contributed by atoms with Crippen LogP contribution in [-0.4, -0.2) is 23.8 Å². The summed E-state index contributed by atoms with van der Waals surface area (Å²) in [5.41, 5.74) is 1.95. The first-order valence-corrected chi connectivity index (χ1v) is 9.81. The summed E-state index contributed by atoms with van der Waals surface area (Å²) < 4.78 is 11.0. The summed E-state index contributed by atoms with van der Waals surface area (Å²) >= 11 is 0. The average molecular weight is 370 g/mol. The molecule has 2 fully saturated rings. The molecule has 0 aromatic heterocycles. The van der Waals surface area contributed by atoms with Crippen molar-refractivity contribution < 1.29 is 23.9 Å². The molecule has 0 amide bonds. The molecular weight excluding hydrogens is 344 g/mol. The fourth-order valence-electron chi connectivity index (χ4n) is 5.94. The van der Waals surface area contributed by atoms with Crippen LogP contribution in [0.1, 0.15) is 63.5 Å². The summed E-state index contributed by atoms with van der Waals surface area (Å²) in [7, 11) is 0. The summed E-state index contributed by atoms with van der Waals surface area (Å²) in [6, 6.07) is 5.77. The number of Topliss-reactive ketones (excluding diaryl/α,β-unsaturated/α-hetero) is 1. The van der Waals surface area contributed by atoms with Gasteiger partial charge in [0.2, 0.25) is 0 Å². The molecule has 5 heteroatoms. The smallest absolute Gasteiger partial charge is 0.308 e. The van der Waals surface area contributed by atoms with E-state index in [-0.39, 0.29) is 29.4 Å². The van der Waals surface area contributed by atoms with E-state index in [2.05, 4.69) is 6.92 Å². The van der Waals surface area contributed by atoms with Crippen molar-refractivity contribution >= 4 is 17.7 Å². The molecule has 0 bridgehead atoms. The number of ketones is 1. The number of hydrogen-bond acceptors (Lipinski definition) is 5. The molecule has 0 aliphatic heterocycles. The number of carbonyl (C=O) groups excluding carboxylic acids is 3. The number of ether oxygens (including phenoxy) is 2. The normalized spacial score (nSPS) is 34.3. The first-order chi connectivity index (χ1) is 12.8. The molecule has 5 unspecified atom stereocenters. The van der Waals surface area contributed by atoms with Gasteiger partial charge in [0.05, 0.1) is 0 Å². The Hall–Kier alpha value is -2.17. The molecule has 2 saturated carbocycles. The van der Waals surface area contributed by atoms with Crippen molar-refractivity contribution in [2.45, 2.75) is 64.9 Å². The molecule has 0 N–H and O–H groups in total. The first kappa shape index (κ1) is 18.2. The maximum atomic E-state index is 12.6. The van der Waals surface area contributed by atoms with Crippen molar-refractivity contribution in [2.24, 2.45) is 17.3 Å². The van der Waals surface area contributed by atoms with E-state index in [1.807, 2.05) is 18.2 Å². The van der Waals surface area contributed by atoms with Gasteiger partial charge in [-0.15, -0.1) is 0 Å². The Bertz CT molecular complexity index is 813. The predicted octanol–water partition coefficient (Wildman–Crippen LogP) is 3.58. The Labute approximate surface area is 159 Å². The fraction of sp³-hybridized carbons (Fsp3) is 0.591. The Kier molecular flexibility index (Phi) is 4.36. The van der Waals surface area contributed by atoms with Gasteiger partial charge in [0.1, 0.15) is 17.6 Å². The Morgan fingerprint density at radius 1 is 1.11 bits per heavy atom. The second-order valence-electron chi connectivity index (χ2n) is 8.52. The number of hydrogen-bond donors (Lipinski definition) is 0. The minimum atomic E-state index is -0.379. The van der Waals surface area contributed by atoms with E-state index < -0.39 is 0 Å². The standard InChI is InChI=1S/C22H26O5/c1-12(23)26-15-5-7-16-14(10-15)4-6-17-18-8-9-20(25)22(18,3)11-19(21(16)17)27-13(2)24/h5,7,10,17-19,21H,4,6,8-9,11H2,1-3H3. The summed E-state index contributed by atoms with van der Waals surface area (Å²) in [6.45, 7) is 4.90. The van der Waals surface area contributed by atoms with Crippen molar-refractivity contribution in [1.29, 1.82) is 0 Å². The predicted molar refractivity (Wildman–Crippen MR) is 98.3 cm³/mol. The molecular formula is C22H26O5. The summed E-state index contributed by atoms with van der Waals surface area (Å²) in [4.78, 5) is 35.7. The molecule has 0 heterocycles. The van der Waals surface area contributed by atoms with Gasteiger partial charge < -0.3 is 9.47 Å². The Morgan fingerprint density at radius 2 is 1.89 bits per heavy atom. The van der Waals surface area contributed by atoms with Crippen molar-refractivity contribution in [3.8, 4) is 5.75 Å². The number of rotatable bonds is 2. The first-order valence-electron chi connectivity index (χ1n) is 9.81. The van der Waals surface area contributed by atoms with Gasteiger partial charge in [0.15, 0.2) is 0 Å². The highest BCUT2D eigenvalue weighted by molar-refractivity contribution is 5.87. The van der Waals surface area contributed by atoms with Crippen LogP contribution in [-0.2, 0) is 25.5 Å². The summed E-state index contributed by atoms with van der Waals surface area (Å²) in [6.07, 6.45) is 3.74. The van der Waals surface area contributed by atoms with Crippen LogP contribution in [0.15, 0.2) is 18.2 Å². The highest BCUT2D eigenvalue weighted by atomic mass is 16.5. The van der Waals surface area contributed by atoms with Gasteiger partial charge >= 0.3 is 11.9 Å². The fourth-order valence-corrected chi connectivity index (χ4v) is 5.94. The van der Waals surface area contributed by atoms with Gasteiger partial charge in [-0.1, -0.05) is 13.0 Å². The lowest BCUT2D eigenvalue weighted by Crippen LogP contribution is -2.50. The van der Waals surface area contributed by atoms with Crippen LogP contribution in [0.2, 0.25) is 0 Å². The van der Waals surface area contributed by atoms with Crippen molar-refractivity contribution in [3.63, 3.8) is 0 Å². The minimum Gasteiger partial charge on any atom is -0.462 e. The minimum absolute atomic E-state index is 0.105. The van der Waals surface area contributed by atoms with Gasteiger partial charge in [-0.3, -0.25) is 14.4 Å². The maximum Gasteiger partial charge on any atom is 0.308 e. The lowest BCUT2D eigenvalue weighted by atomic mass is 9.54. The van der Waals surface area contributed by atoms with Gasteiger partial charge in [-0.05, 0) is 60.8 Å². The zero-order valence-electron chi connectivity index (χ0n) is 16.1. The maximum absolute atomic E-state index is 12.6. The van der Waals surface area contributed by atoms with Crippen LogP contribution in [0.5, 0.6) is 5.75 Å². The topological polar surface area (TPSA) is 69.7 Å². The van der Waals surface area contributed by atoms with Crippen LogP contribution in [0, 0.1) is 17.3 Å². The molecule has 1 aromatic carbocycles. The van der Waals surface area contributed by atoms with Crippen molar-refractivity contribution in [1.82, 2.24) is 0 Å². The lowest BCUT2D eigenvalue weighted by Gasteiger charge is -2.51. The SMILES string of the molecule is CC(=O)Oc1ccc2c(c1)CCC1C2C(OC(C)=O)CC2(C)C(=O)CCC12. The highest BCUT2D eigenvalue weighted by Crippen LogP contribution is 2.60. The van der Waals surface area contributed by atoms with Crippen LogP contribution in [0.3, 0.4) is 0 Å². The number of benzene rings is 1. The van der Waals surface area contributed by atoms with Gasteiger partial charge in [0, 0.05) is 31.6 Å². The number of aryl methyl sites for hydroxylation is 1. The van der Waals surface area contributed by atoms with Crippen molar-refractivity contribution in [2.75, 3.05) is 0 Å². The van der Waals surface area contributed by atoms with Crippen LogP contribution in [0.25, 0.3) is 0 Å². The van der Waals surface area contributed by atoms with E-state index in [4.69, 9.17) is 9.47 Å². The van der Waals surface area contributed by atoms with Crippen molar-refractivity contribution in [3.05, 3.63) is 29.3 Å². The molecule has 0 radical (unpaired) electrons. The zero-order chi connectivity index (χ0) is 19.3. The van der Waals surface area contributed by atoms with Crippen LogP contribution >= 0.6 is 0 Å². The largest absolute Gasteiger partial charge is 0.462 e. The second-order valence-corrected chi connectivity index (χ2v) is 8.52. The molecule has 5 atom stereocenters. The molecule has 4 rings (SSSR count). The summed E-state index contributed by atoms with van der Waals surface area (Å²) in [5, 5.41) is 0. The highest BCUT2D eigenvalue weighted by Gasteiger charge is 2.58. The van der Waals surface area contributed by atoms with E-state index in [1.54, 1.807) is 0 Å². The lowest BCUT2D eigenvalue weighted by molar-refractivity contribution is -0.158. The van der Waals surface area contributed by atoms with E-state index in [0.29, 0.717) is 36.2 Å². The van der Waals surface area contributed by atoms with E-state index in [1.165, 1.54) is 19.4 Å². The molecule has 27 heavy (non-hydrogen) atoms. The van der Waals surface area contributed by atoms with E-state index in [9.17, 15) is 14.4 Å². The molecule has 1 aromatic rings. The third kappa shape index (κ3) is 2.97. The van der Waals surface area contributed by atoms with Gasteiger partial charge in [-0.25, -0.2) is 0 Å². The average Bonchev–Trinajstić information content (AvgIpc) is 2.88. The zero-order valence-corrected chi connectivity index (χ0v) is 16.1. The molecule has 5 nitrogen and oxygen atoms in total. The molecule has 3 aliphatic rings. The molecule has 0 spiro atoms. The Morgan fingerprint density at radius 3 is 2.59 bits per heavy atom. The number of carbonyl (C=O) groups is 3. The number of fused-ring (bicyclic) bond motifs is 5. The van der Waals surface area contributed by atoms with E-state index in [0.717, 1.165) is 24.8 Å². The van der Waals surface area contributed by atoms with Gasteiger partial charge in [0.25, 0.3) is 0 Å². The molecule has 144 valence electrons. The number of esters is 2. The van der Waals surface area contributed by atoms with Crippen LogP contribution < -0.4 is 4.74 Å². The monoisotopic (exact) mass is 370 g/mol. The molecule has 0 saturated heterocycles. The Balaban J connectivity index is 1.74. The summed E-state index contributed by atoms with van der Waals surface area (Å²) in [5.74, 6) is 1.04. The second kappa shape index (κ2) is 6.47. The van der Waals surface area contributed by atoms with Gasteiger partial charge in [-0.2, -0.15) is 0 Å². The quantitative estimate of drug-likeness (QED) is 0.588.